The number of nitrogens with two attached hydrogens (primary N) is 1. The number of nitrogens with zero attached hydrogens (tertiary/aromatic N) is 1. The van der Waals surface area contributed by atoms with Crippen molar-refractivity contribution >= 4 is 11.6 Å². The topological polar surface area (TPSA) is 55.6 Å². The molecule has 0 aliphatic rings. The van der Waals surface area contributed by atoms with Gasteiger partial charge in [-0.1, -0.05) is 12.1 Å². The Labute approximate surface area is 122 Å². The maximum Gasteiger partial charge on any atom is 0.256 e. The number of benzene rings is 2. The molecule has 2 aromatic rings. The maximum atomic E-state index is 13.8. The van der Waals surface area contributed by atoms with E-state index in [-0.39, 0.29) is 5.56 Å². The summed E-state index contributed by atoms with van der Waals surface area (Å²) >= 11 is 0. The number of halogens is 1. The first-order valence-electron chi connectivity index (χ1n) is 6.44. The molecule has 0 aromatic heterocycles. The van der Waals surface area contributed by atoms with E-state index in [0.29, 0.717) is 18.0 Å². The molecule has 0 saturated heterocycles. The fourth-order valence-electron chi connectivity index (χ4n) is 2.03. The number of carbonyl (C=O) groups excluding carboxylic acids is 1. The summed E-state index contributed by atoms with van der Waals surface area (Å²) < 4.78 is 18.9. The van der Waals surface area contributed by atoms with Crippen molar-refractivity contribution < 1.29 is 13.9 Å². The normalized spacial score (nSPS) is 10.2. The standard InChI is InChI=1S/C16H17FN2O2/c1-19(10-11-4-3-5-13(8-11)21-2)16(20)14-7-6-12(18)9-15(14)17/h3-9H,10,18H2,1-2H3. The van der Waals surface area contributed by atoms with Crippen molar-refractivity contribution in [2.75, 3.05) is 19.9 Å². The summed E-state index contributed by atoms with van der Waals surface area (Å²) in [5.74, 6) is -0.292. The minimum Gasteiger partial charge on any atom is -0.497 e. The SMILES string of the molecule is COc1cccc(CN(C)C(=O)c2ccc(N)cc2F)c1. The molecule has 0 bridgehead atoms. The second-order valence-corrected chi connectivity index (χ2v) is 4.75. The number of ether oxygens (including phenoxy) is 1. The van der Waals surface area contributed by atoms with Crippen molar-refractivity contribution in [3.8, 4) is 5.75 Å². The van der Waals surface area contributed by atoms with Gasteiger partial charge in [0.1, 0.15) is 11.6 Å². The van der Waals surface area contributed by atoms with Gasteiger partial charge in [-0.05, 0) is 35.9 Å². The van der Waals surface area contributed by atoms with Crippen LogP contribution in [0.3, 0.4) is 0 Å². The molecule has 0 saturated carbocycles. The highest BCUT2D eigenvalue weighted by Gasteiger charge is 2.16. The van der Waals surface area contributed by atoms with Gasteiger partial charge in [0.05, 0.1) is 12.7 Å². The quantitative estimate of drug-likeness (QED) is 0.880. The van der Waals surface area contributed by atoms with Crippen LogP contribution in [0.1, 0.15) is 15.9 Å². The number of carbonyl (C=O) groups is 1. The molecule has 0 radical (unpaired) electrons. The van der Waals surface area contributed by atoms with Crippen molar-refractivity contribution in [1.82, 2.24) is 4.90 Å². The molecule has 0 atom stereocenters. The fraction of sp³-hybridized carbons (Fsp3) is 0.188. The first-order chi connectivity index (χ1) is 10.0. The van der Waals surface area contributed by atoms with Crippen LogP contribution >= 0.6 is 0 Å². The minimum atomic E-state index is -0.613. The van der Waals surface area contributed by atoms with Crippen molar-refractivity contribution in [2.45, 2.75) is 6.54 Å². The van der Waals surface area contributed by atoms with E-state index in [4.69, 9.17) is 10.5 Å². The predicted octanol–water partition coefficient (Wildman–Crippen LogP) is 2.69. The number of rotatable bonds is 4. The number of hydrogen-bond acceptors (Lipinski definition) is 3. The second kappa shape index (κ2) is 6.26. The third-order valence-corrected chi connectivity index (χ3v) is 3.12. The zero-order valence-corrected chi connectivity index (χ0v) is 12.0. The van der Waals surface area contributed by atoms with Crippen molar-refractivity contribution in [1.29, 1.82) is 0 Å². The molecule has 0 unspecified atom stereocenters. The lowest BCUT2D eigenvalue weighted by Crippen LogP contribution is -2.27. The summed E-state index contributed by atoms with van der Waals surface area (Å²) in [5, 5.41) is 0. The minimum absolute atomic E-state index is 0.00889. The lowest BCUT2D eigenvalue weighted by molar-refractivity contribution is 0.0780. The zero-order chi connectivity index (χ0) is 15.4. The molecule has 4 nitrogen and oxygen atoms in total. The number of methoxy groups -OCH3 is 1. The monoisotopic (exact) mass is 288 g/mol. The average molecular weight is 288 g/mol. The summed E-state index contributed by atoms with van der Waals surface area (Å²) in [5.41, 5.74) is 6.68. The van der Waals surface area contributed by atoms with E-state index in [9.17, 15) is 9.18 Å². The summed E-state index contributed by atoms with van der Waals surface area (Å²) in [4.78, 5) is 13.7. The average Bonchev–Trinajstić information content (AvgIpc) is 2.46. The molecule has 0 aliphatic carbocycles. The summed E-state index contributed by atoms with van der Waals surface area (Å²) in [6.45, 7) is 0.361. The highest BCUT2D eigenvalue weighted by Crippen LogP contribution is 2.17. The molecule has 0 heterocycles. The van der Waals surface area contributed by atoms with Gasteiger partial charge in [0, 0.05) is 19.3 Å². The predicted molar refractivity (Wildman–Crippen MR) is 79.6 cm³/mol. The van der Waals surface area contributed by atoms with E-state index in [1.165, 1.54) is 17.0 Å². The van der Waals surface area contributed by atoms with Gasteiger partial charge in [-0.2, -0.15) is 0 Å². The van der Waals surface area contributed by atoms with Crippen LogP contribution in [0.2, 0.25) is 0 Å². The van der Waals surface area contributed by atoms with Gasteiger partial charge in [0.2, 0.25) is 0 Å². The van der Waals surface area contributed by atoms with Gasteiger partial charge in [0.25, 0.3) is 5.91 Å². The van der Waals surface area contributed by atoms with Crippen LogP contribution in [0, 0.1) is 5.82 Å². The van der Waals surface area contributed by atoms with Crippen LogP contribution in [0.4, 0.5) is 10.1 Å². The third kappa shape index (κ3) is 3.51. The molecule has 2 rings (SSSR count). The van der Waals surface area contributed by atoms with Crippen LogP contribution in [0.25, 0.3) is 0 Å². The molecule has 21 heavy (non-hydrogen) atoms. The third-order valence-electron chi connectivity index (χ3n) is 3.12. The molecule has 110 valence electrons. The van der Waals surface area contributed by atoms with Gasteiger partial charge in [-0.15, -0.1) is 0 Å². The Hall–Kier alpha value is -2.56. The lowest BCUT2D eigenvalue weighted by Gasteiger charge is -2.18. The van der Waals surface area contributed by atoms with Crippen LogP contribution in [-0.4, -0.2) is 25.0 Å². The molecule has 0 aliphatic heterocycles. The van der Waals surface area contributed by atoms with Gasteiger partial charge >= 0.3 is 0 Å². The van der Waals surface area contributed by atoms with E-state index in [2.05, 4.69) is 0 Å². The molecule has 0 spiro atoms. The molecule has 2 N–H and O–H groups in total. The maximum absolute atomic E-state index is 13.8. The van der Waals surface area contributed by atoms with Crippen LogP contribution in [0.5, 0.6) is 5.75 Å². The summed E-state index contributed by atoms with van der Waals surface area (Å²) in [7, 11) is 3.20. The first-order valence-corrected chi connectivity index (χ1v) is 6.44. The Bertz CT molecular complexity index is 658. The Morgan fingerprint density at radius 1 is 1.29 bits per heavy atom. The van der Waals surface area contributed by atoms with Gasteiger partial charge < -0.3 is 15.4 Å². The number of hydrogen-bond donors (Lipinski definition) is 1. The van der Waals surface area contributed by atoms with E-state index >= 15 is 0 Å². The summed E-state index contributed by atoms with van der Waals surface area (Å²) in [6.07, 6.45) is 0. The first kappa shape index (κ1) is 14.8. The van der Waals surface area contributed by atoms with Crippen LogP contribution < -0.4 is 10.5 Å². The van der Waals surface area contributed by atoms with Crippen LogP contribution in [0.15, 0.2) is 42.5 Å². The molecule has 1 amide bonds. The Morgan fingerprint density at radius 3 is 2.71 bits per heavy atom. The number of amides is 1. The van der Waals surface area contributed by atoms with E-state index < -0.39 is 11.7 Å². The second-order valence-electron chi connectivity index (χ2n) is 4.75. The van der Waals surface area contributed by atoms with E-state index in [1.807, 2.05) is 24.3 Å². The Morgan fingerprint density at radius 2 is 2.05 bits per heavy atom. The zero-order valence-electron chi connectivity index (χ0n) is 12.0. The molecule has 5 heteroatoms. The lowest BCUT2D eigenvalue weighted by atomic mass is 10.1. The van der Waals surface area contributed by atoms with Crippen molar-refractivity contribution in [3.63, 3.8) is 0 Å². The number of anilines is 1. The molecule has 0 fully saturated rings. The largest absolute Gasteiger partial charge is 0.497 e. The van der Waals surface area contributed by atoms with Gasteiger partial charge in [-0.3, -0.25) is 4.79 Å². The molecular weight excluding hydrogens is 271 g/mol. The Balaban J connectivity index is 2.15. The molecular formula is C16H17FN2O2. The van der Waals surface area contributed by atoms with Crippen molar-refractivity contribution in [3.05, 3.63) is 59.4 Å². The van der Waals surface area contributed by atoms with E-state index in [1.54, 1.807) is 14.2 Å². The number of nitrogen functional groups attached to an aromatic ring is 1. The van der Waals surface area contributed by atoms with Gasteiger partial charge in [0.15, 0.2) is 0 Å². The fourth-order valence-corrected chi connectivity index (χ4v) is 2.03. The smallest absolute Gasteiger partial charge is 0.256 e. The van der Waals surface area contributed by atoms with Crippen LogP contribution in [-0.2, 0) is 6.54 Å². The van der Waals surface area contributed by atoms with Crippen molar-refractivity contribution in [2.24, 2.45) is 0 Å². The summed E-state index contributed by atoms with van der Waals surface area (Å²) in [6, 6.07) is 11.4. The Kier molecular flexibility index (Phi) is 4.42. The molecule has 2 aromatic carbocycles. The van der Waals surface area contributed by atoms with Gasteiger partial charge in [-0.25, -0.2) is 4.39 Å². The van der Waals surface area contributed by atoms with E-state index in [0.717, 1.165) is 11.6 Å². The highest BCUT2D eigenvalue weighted by atomic mass is 19.1. The highest BCUT2D eigenvalue weighted by molar-refractivity contribution is 5.94.